The van der Waals surface area contributed by atoms with Gasteiger partial charge in [0.25, 0.3) is 0 Å². The average Bonchev–Trinajstić information content (AvgIpc) is 2.33. The maximum Gasteiger partial charge on any atom is 0.460 e. The number of alkyl halides is 15. The Labute approximate surface area is 124 Å². The van der Waals surface area contributed by atoms with E-state index >= 15 is 0 Å². The third kappa shape index (κ3) is 2.78. The van der Waals surface area contributed by atoms with E-state index in [0.717, 1.165) is 0 Å². The average molecular weight is 416 g/mol. The lowest BCUT2D eigenvalue weighted by Crippen LogP contribution is -2.74. The summed E-state index contributed by atoms with van der Waals surface area (Å²) in [6.07, 6.45) is -15.5. The van der Waals surface area contributed by atoms with Crippen molar-refractivity contribution < 1.29 is 75.0 Å². The zero-order valence-corrected chi connectivity index (χ0v) is 10.5. The molecule has 0 saturated heterocycles. The Morgan fingerprint density at radius 1 is 0.440 bits per heavy atom. The Morgan fingerprint density at radius 3 is 0.920 bits per heavy atom. The number of hydrogen-bond acceptors (Lipinski definition) is 1. The smallest absolute Gasteiger partial charge is 0.257 e. The Morgan fingerprint density at radius 2 is 0.720 bits per heavy atom. The van der Waals surface area contributed by atoms with Crippen LogP contribution in [0.1, 0.15) is 0 Å². The molecule has 0 rings (SSSR count). The first-order valence-electron chi connectivity index (χ1n) is 4.98. The quantitative estimate of drug-likeness (QED) is 0.463. The molecule has 0 N–H and O–H groups in total. The van der Waals surface area contributed by atoms with Crippen molar-refractivity contribution in [2.24, 2.45) is 0 Å². The van der Waals surface area contributed by atoms with Crippen LogP contribution in [0.4, 0.5) is 70.2 Å². The third-order valence-electron chi connectivity index (χ3n) is 2.63. The van der Waals surface area contributed by atoms with Crippen LogP contribution in [0.3, 0.4) is 0 Å². The van der Waals surface area contributed by atoms with Crippen molar-refractivity contribution in [3.05, 3.63) is 0 Å². The fraction of sp³-hybridized carbons (Fsp3) is 0.875. The van der Waals surface area contributed by atoms with Gasteiger partial charge in [-0.3, -0.25) is 4.79 Å². The summed E-state index contributed by atoms with van der Waals surface area (Å²) in [5.41, 5.74) is -7.85. The van der Waals surface area contributed by atoms with E-state index < -0.39 is 47.7 Å². The van der Waals surface area contributed by atoms with Gasteiger partial charge in [-0.25, -0.2) is 4.39 Å². The second kappa shape index (κ2) is 5.52. The Kier molecular flexibility index (Phi) is 5.20. The first-order chi connectivity index (χ1) is 10.4. The third-order valence-corrected chi connectivity index (χ3v) is 2.63. The zero-order chi connectivity index (χ0) is 21.1. The molecule has 17 heteroatoms. The lowest BCUT2D eigenvalue weighted by atomic mass is 9.86. The van der Waals surface area contributed by atoms with Gasteiger partial charge in [-0.05, 0) is 0 Å². The molecular weight excluding hydrogens is 416 g/mol. The highest BCUT2D eigenvalue weighted by atomic mass is 19.4. The van der Waals surface area contributed by atoms with Gasteiger partial charge in [0.15, 0.2) is 0 Å². The van der Waals surface area contributed by atoms with E-state index in [9.17, 15) is 75.0 Å². The highest BCUT2D eigenvalue weighted by molar-refractivity contribution is 5.81. The van der Waals surface area contributed by atoms with Crippen LogP contribution < -0.4 is 0 Å². The van der Waals surface area contributed by atoms with Crippen LogP contribution >= 0.6 is 0 Å². The van der Waals surface area contributed by atoms with Crippen molar-refractivity contribution in [2.45, 2.75) is 41.7 Å². The van der Waals surface area contributed by atoms with Crippen LogP contribution in [0.25, 0.3) is 0 Å². The molecule has 0 radical (unpaired) electrons. The fourth-order valence-electron chi connectivity index (χ4n) is 1.20. The molecule has 0 spiro atoms. The van der Waals surface area contributed by atoms with Crippen LogP contribution in [0.5, 0.6) is 0 Å². The normalized spacial score (nSPS) is 18.1. The molecule has 0 amide bonds. The summed E-state index contributed by atoms with van der Waals surface area (Å²) in [7, 11) is 0. The van der Waals surface area contributed by atoms with Gasteiger partial charge in [-0.2, -0.15) is 65.9 Å². The molecule has 0 heterocycles. The summed E-state index contributed by atoms with van der Waals surface area (Å²) in [5.74, 6) is -33.5. The van der Waals surface area contributed by atoms with E-state index in [1.165, 1.54) is 0 Å². The SMILES string of the molecule is O=C(F)C(F)(C(F)(F)F)C(F)(F)C(F)(F)C(F)(F)C(F)(F)C(F)(F)F. The molecule has 0 bridgehead atoms. The number of halogens is 16. The lowest BCUT2D eigenvalue weighted by Gasteiger charge is -2.41. The van der Waals surface area contributed by atoms with E-state index in [2.05, 4.69) is 0 Å². The number of carbonyl (C=O) groups is 1. The molecule has 0 fully saturated rings. The van der Waals surface area contributed by atoms with E-state index in [1.807, 2.05) is 0 Å². The molecule has 25 heavy (non-hydrogen) atoms. The minimum atomic E-state index is -8.54. The van der Waals surface area contributed by atoms with Crippen molar-refractivity contribution >= 4 is 6.04 Å². The predicted octanol–water partition coefficient (Wildman–Crippen LogP) is 4.86. The van der Waals surface area contributed by atoms with Gasteiger partial charge in [0.1, 0.15) is 0 Å². The largest absolute Gasteiger partial charge is 0.460 e. The maximum absolute atomic E-state index is 13.0. The Hall–Kier alpha value is -1.45. The standard InChI is InChI=1S/C8F16O/c9-1(25)2(10,7(19,20)21)3(11,12)4(13,14)5(15,16)6(17,18)8(22,23)24. The monoisotopic (exact) mass is 416 g/mol. The van der Waals surface area contributed by atoms with Crippen molar-refractivity contribution in [2.75, 3.05) is 0 Å². The molecule has 0 aromatic heterocycles. The molecule has 0 saturated carbocycles. The predicted molar refractivity (Wildman–Crippen MR) is 41.9 cm³/mol. The minimum Gasteiger partial charge on any atom is -0.257 e. The highest BCUT2D eigenvalue weighted by Gasteiger charge is 2.94. The van der Waals surface area contributed by atoms with Gasteiger partial charge in [0.05, 0.1) is 0 Å². The van der Waals surface area contributed by atoms with Crippen LogP contribution in [0.2, 0.25) is 0 Å². The Bertz CT molecular complexity index is 525. The van der Waals surface area contributed by atoms with Crippen molar-refractivity contribution in [3.8, 4) is 0 Å². The summed E-state index contributed by atoms with van der Waals surface area (Å²) >= 11 is 0. The van der Waals surface area contributed by atoms with Gasteiger partial charge in [-0.1, -0.05) is 0 Å². The van der Waals surface area contributed by atoms with E-state index in [1.54, 1.807) is 0 Å². The number of rotatable bonds is 5. The second-order valence-electron chi connectivity index (χ2n) is 4.23. The van der Waals surface area contributed by atoms with Crippen molar-refractivity contribution in [1.29, 1.82) is 0 Å². The van der Waals surface area contributed by atoms with Crippen LogP contribution in [0.15, 0.2) is 0 Å². The van der Waals surface area contributed by atoms with Gasteiger partial charge in [0.2, 0.25) is 0 Å². The van der Waals surface area contributed by atoms with Crippen molar-refractivity contribution in [3.63, 3.8) is 0 Å². The molecular formula is C8F16O. The highest BCUT2D eigenvalue weighted by Crippen LogP contribution is 2.62. The summed E-state index contributed by atoms with van der Waals surface area (Å²) in [6, 6.07) is -5.09. The molecule has 1 nitrogen and oxygen atoms in total. The van der Waals surface area contributed by atoms with E-state index in [0.29, 0.717) is 0 Å². The summed E-state index contributed by atoms with van der Waals surface area (Å²) < 4.78 is 198. The summed E-state index contributed by atoms with van der Waals surface area (Å²) in [5, 5.41) is 0. The Balaban J connectivity index is 6.72. The van der Waals surface area contributed by atoms with Gasteiger partial charge < -0.3 is 0 Å². The summed E-state index contributed by atoms with van der Waals surface area (Å²) in [6.45, 7) is 0. The molecule has 0 aliphatic carbocycles. The lowest BCUT2D eigenvalue weighted by molar-refractivity contribution is -0.441. The van der Waals surface area contributed by atoms with Crippen LogP contribution in [0, 0.1) is 0 Å². The molecule has 0 aliphatic heterocycles. The molecule has 0 aromatic rings. The second-order valence-corrected chi connectivity index (χ2v) is 4.23. The topological polar surface area (TPSA) is 17.1 Å². The first kappa shape index (κ1) is 23.5. The minimum absolute atomic E-state index is 5.09. The molecule has 0 aromatic carbocycles. The molecule has 0 aliphatic rings. The summed E-state index contributed by atoms with van der Waals surface area (Å²) in [4.78, 5) is 9.75. The van der Waals surface area contributed by atoms with Gasteiger partial charge in [-0.15, -0.1) is 0 Å². The van der Waals surface area contributed by atoms with E-state index in [4.69, 9.17) is 0 Å². The fourth-order valence-corrected chi connectivity index (χ4v) is 1.20. The molecule has 1 atom stereocenters. The number of carbonyl (C=O) groups excluding carboxylic acids is 1. The van der Waals surface area contributed by atoms with Crippen molar-refractivity contribution in [1.82, 2.24) is 0 Å². The maximum atomic E-state index is 13.0. The number of hydrogen-bond donors (Lipinski definition) is 0. The zero-order valence-electron chi connectivity index (χ0n) is 10.5. The molecule has 1 unspecified atom stereocenters. The van der Waals surface area contributed by atoms with Crippen LogP contribution in [-0.4, -0.2) is 47.7 Å². The van der Waals surface area contributed by atoms with Gasteiger partial charge >= 0.3 is 47.7 Å². The first-order valence-corrected chi connectivity index (χ1v) is 4.98. The van der Waals surface area contributed by atoms with Crippen LogP contribution in [-0.2, 0) is 4.79 Å². The molecule has 150 valence electrons. The van der Waals surface area contributed by atoms with Gasteiger partial charge in [0, 0.05) is 0 Å². The van der Waals surface area contributed by atoms with E-state index in [-0.39, 0.29) is 0 Å².